The quantitative estimate of drug-likeness (QED) is 0.309. The third-order valence-electron chi connectivity index (χ3n) is 7.44. The van der Waals surface area contributed by atoms with Crippen LogP contribution in [0.15, 0.2) is 30.5 Å². The molecule has 3 heterocycles. The number of carbonyl (C=O) groups is 1. The molecular weight excluding hydrogens is 486 g/mol. The Hall–Kier alpha value is -4.48. The van der Waals surface area contributed by atoms with E-state index in [1.54, 1.807) is 29.7 Å². The number of hydrogen-bond donors (Lipinski definition) is 1. The van der Waals surface area contributed by atoms with E-state index < -0.39 is 34.7 Å². The molecule has 3 aliphatic rings. The third kappa shape index (κ3) is 3.28. The van der Waals surface area contributed by atoms with E-state index in [0.717, 1.165) is 5.56 Å². The van der Waals surface area contributed by atoms with Crippen LogP contribution in [0, 0.1) is 28.9 Å². The van der Waals surface area contributed by atoms with Crippen molar-refractivity contribution in [2.24, 2.45) is 11.8 Å². The van der Waals surface area contributed by atoms with Crippen molar-refractivity contribution < 1.29 is 38.5 Å². The number of phenols is 1. The average molecular weight is 509 g/mol. The van der Waals surface area contributed by atoms with Gasteiger partial charge in [-0.1, -0.05) is 0 Å². The summed E-state index contributed by atoms with van der Waals surface area (Å²) in [6.07, 6.45) is 1.22. The minimum atomic E-state index is -0.696. The highest BCUT2D eigenvalue weighted by molar-refractivity contribution is 5.79. The Labute approximate surface area is 210 Å². The molecule has 1 aromatic heterocycles. The first-order valence-corrected chi connectivity index (χ1v) is 11.6. The van der Waals surface area contributed by atoms with Gasteiger partial charge in [0.15, 0.2) is 28.8 Å². The molecule has 0 bridgehead atoms. The van der Waals surface area contributed by atoms with Gasteiger partial charge in [-0.25, -0.2) is 9.55 Å². The largest absolute Gasteiger partial charge is 0.502 e. The van der Waals surface area contributed by atoms with E-state index in [9.17, 15) is 20.0 Å². The summed E-state index contributed by atoms with van der Waals surface area (Å²) in [5.74, 6) is -0.660. The van der Waals surface area contributed by atoms with Crippen LogP contribution in [0.4, 0.5) is 5.82 Å². The van der Waals surface area contributed by atoms with Crippen LogP contribution in [0.2, 0.25) is 0 Å². The predicted molar refractivity (Wildman–Crippen MR) is 125 cm³/mol. The number of cyclic esters (lactones) is 1. The Morgan fingerprint density at radius 3 is 2.35 bits per heavy atom. The van der Waals surface area contributed by atoms with Gasteiger partial charge in [-0.3, -0.25) is 4.79 Å². The first kappa shape index (κ1) is 23.0. The summed E-state index contributed by atoms with van der Waals surface area (Å²) < 4.78 is 29.2. The molecule has 1 aliphatic carbocycles. The topological polar surface area (TPSA) is 144 Å². The number of methoxy groups -OCH3 is 2. The second kappa shape index (κ2) is 8.29. The lowest BCUT2D eigenvalue weighted by molar-refractivity contribution is -0.392. The van der Waals surface area contributed by atoms with E-state index in [0.29, 0.717) is 28.5 Å². The molecule has 0 unspecified atom stereocenters. The lowest BCUT2D eigenvalue weighted by atomic mass is 9.65. The molecule has 0 radical (unpaired) electrons. The number of ether oxygens (including phenoxy) is 5. The number of aromatic hydroxyl groups is 1. The lowest BCUT2D eigenvalue weighted by Crippen LogP contribution is -2.38. The number of hydrogen-bond acceptors (Lipinski definition) is 10. The summed E-state index contributed by atoms with van der Waals surface area (Å²) in [5, 5.41) is 22.4. The van der Waals surface area contributed by atoms with Crippen LogP contribution >= 0.6 is 0 Å². The summed E-state index contributed by atoms with van der Waals surface area (Å²) in [6, 6.07) is 6.31. The normalized spacial score (nSPS) is 23.3. The molecule has 4 atom stereocenters. The molecule has 0 spiro atoms. The Balaban J connectivity index is 1.65. The Kier molecular flexibility index (Phi) is 5.14. The van der Waals surface area contributed by atoms with Gasteiger partial charge < -0.3 is 38.9 Å². The first-order chi connectivity index (χ1) is 17.8. The number of benzene rings is 2. The van der Waals surface area contributed by atoms with E-state index in [1.165, 1.54) is 20.4 Å². The minimum Gasteiger partial charge on any atom is -0.502 e. The number of nitrogens with zero attached hydrogens (tertiary/aromatic N) is 3. The zero-order valence-electron chi connectivity index (χ0n) is 20.2. The van der Waals surface area contributed by atoms with Crippen molar-refractivity contribution in [2.45, 2.75) is 18.9 Å². The monoisotopic (exact) mass is 509 g/mol. The van der Waals surface area contributed by atoms with Crippen molar-refractivity contribution >= 4 is 11.8 Å². The zero-order valence-corrected chi connectivity index (χ0v) is 20.2. The smallest absolute Gasteiger partial charge is 0.343 e. The molecule has 6 rings (SSSR count). The molecule has 1 fully saturated rings. The number of rotatable bonds is 5. The van der Waals surface area contributed by atoms with Crippen LogP contribution in [0.25, 0.3) is 0 Å². The molecule has 1 saturated heterocycles. The highest BCUT2D eigenvalue weighted by Gasteiger charge is 2.55. The Morgan fingerprint density at radius 2 is 1.73 bits per heavy atom. The molecule has 1 N–H and O–H groups in total. The molecule has 3 aromatic rings. The fourth-order valence-corrected chi connectivity index (χ4v) is 5.88. The SMILES string of the molecule is COc1cc([C@@H]2c3cc4c(cc3[C@@H](n3c([N+](=O)[O-])cnc3C)[C@H]3COC(=O)[C@H]23)OCO4)cc(OC)c1O. The standard InChI is InChI=1S/C25H23N3O9/c1-11-26-8-20(28(31)32)27(11)23-14-7-17-16(36-10-37-17)6-13(14)21(22-15(23)9-35-25(22)30)12-4-18(33-2)24(29)19(5-12)34-3/h4-8,15,21-23,29H,9-10H2,1-3H3/t15-,21+,22-,23+/m0/s1. The maximum atomic E-state index is 13.3. The number of imidazole rings is 1. The minimum absolute atomic E-state index is 0.0353. The maximum Gasteiger partial charge on any atom is 0.343 e. The molecule has 37 heavy (non-hydrogen) atoms. The molecule has 2 aliphatic heterocycles. The molecule has 12 heteroatoms. The fourth-order valence-electron chi connectivity index (χ4n) is 5.88. The van der Waals surface area contributed by atoms with Crippen LogP contribution in [0.3, 0.4) is 0 Å². The Morgan fingerprint density at radius 1 is 1.08 bits per heavy atom. The number of esters is 1. The second-order valence-electron chi connectivity index (χ2n) is 9.14. The first-order valence-electron chi connectivity index (χ1n) is 11.6. The van der Waals surface area contributed by atoms with Crippen LogP contribution in [-0.4, -0.2) is 53.2 Å². The van der Waals surface area contributed by atoms with Crippen LogP contribution in [0.5, 0.6) is 28.7 Å². The average Bonchev–Trinajstić information content (AvgIpc) is 3.60. The maximum absolute atomic E-state index is 13.3. The van der Waals surface area contributed by atoms with Gasteiger partial charge in [-0.05, 0) is 40.3 Å². The molecule has 192 valence electrons. The Bertz CT molecular complexity index is 1420. The van der Waals surface area contributed by atoms with Crippen LogP contribution in [-0.2, 0) is 9.53 Å². The lowest BCUT2D eigenvalue weighted by Gasteiger charge is -2.38. The molecule has 2 aromatic carbocycles. The summed E-state index contributed by atoms with van der Waals surface area (Å²) in [4.78, 5) is 28.9. The van der Waals surface area contributed by atoms with Crippen molar-refractivity contribution in [3.63, 3.8) is 0 Å². The number of nitro groups is 1. The van der Waals surface area contributed by atoms with E-state index in [-0.39, 0.29) is 36.5 Å². The van der Waals surface area contributed by atoms with Gasteiger partial charge in [0.1, 0.15) is 12.2 Å². The van der Waals surface area contributed by atoms with Gasteiger partial charge in [0.2, 0.25) is 12.5 Å². The predicted octanol–water partition coefficient (Wildman–Crippen LogP) is 3.08. The second-order valence-corrected chi connectivity index (χ2v) is 9.14. The number of carbonyl (C=O) groups excluding carboxylic acids is 1. The fraction of sp³-hybridized carbons (Fsp3) is 0.360. The van der Waals surface area contributed by atoms with Gasteiger partial charge in [-0.15, -0.1) is 0 Å². The summed E-state index contributed by atoms with van der Waals surface area (Å²) >= 11 is 0. The number of fused-ring (bicyclic) bond motifs is 3. The van der Waals surface area contributed by atoms with Crippen molar-refractivity contribution in [2.75, 3.05) is 27.6 Å². The number of aromatic nitrogens is 2. The van der Waals surface area contributed by atoms with Crippen molar-refractivity contribution in [1.82, 2.24) is 9.55 Å². The van der Waals surface area contributed by atoms with Gasteiger partial charge in [0.25, 0.3) is 0 Å². The van der Waals surface area contributed by atoms with Crippen LogP contribution in [0.1, 0.15) is 34.5 Å². The molecular formula is C25H23N3O9. The van der Waals surface area contributed by atoms with Gasteiger partial charge in [0, 0.05) is 18.4 Å². The van der Waals surface area contributed by atoms with E-state index in [1.807, 2.05) is 6.07 Å². The van der Waals surface area contributed by atoms with E-state index >= 15 is 0 Å². The molecule has 0 amide bonds. The van der Waals surface area contributed by atoms with Gasteiger partial charge in [0.05, 0.1) is 32.7 Å². The summed E-state index contributed by atoms with van der Waals surface area (Å²) in [5.41, 5.74) is 2.09. The third-order valence-corrected chi connectivity index (χ3v) is 7.44. The van der Waals surface area contributed by atoms with Crippen molar-refractivity contribution in [3.8, 4) is 28.7 Å². The van der Waals surface area contributed by atoms with E-state index in [2.05, 4.69) is 4.98 Å². The number of aryl methyl sites for hydroxylation is 1. The van der Waals surface area contributed by atoms with Crippen molar-refractivity contribution in [1.29, 1.82) is 0 Å². The van der Waals surface area contributed by atoms with E-state index in [4.69, 9.17) is 23.7 Å². The van der Waals surface area contributed by atoms with Crippen LogP contribution < -0.4 is 18.9 Å². The molecule has 0 saturated carbocycles. The summed E-state index contributed by atoms with van der Waals surface area (Å²) in [7, 11) is 2.85. The highest BCUT2D eigenvalue weighted by Crippen LogP contribution is 2.57. The molecule has 12 nitrogen and oxygen atoms in total. The van der Waals surface area contributed by atoms with Gasteiger partial charge in [-0.2, -0.15) is 0 Å². The summed E-state index contributed by atoms with van der Waals surface area (Å²) in [6.45, 7) is 1.79. The van der Waals surface area contributed by atoms with Crippen molar-refractivity contribution in [3.05, 3.63) is 63.1 Å². The zero-order chi connectivity index (χ0) is 26.0. The number of phenolic OH excluding ortho intramolecular Hbond substituents is 1. The highest BCUT2D eigenvalue weighted by atomic mass is 16.7. The van der Waals surface area contributed by atoms with Gasteiger partial charge >= 0.3 is 11.8 Å².